The number of para-hydroxylation sites is 2. The standard InChI is InChI=1S/C23H21BrN4O4/c1-31-21-10-16(12-25-13-23-26-19-4-2-3-5-20(19)27-23)18(24)11-22(21)32-14-15-6-8-17(9-7-15)28(29)30/h2-11,25H,12-14H2,1H3,(H,26,27). The first-order chi connectivity index (χ1) is 15.5. The van der Waals surface area contributed by atoms with Gasteiger partial charge in [0.15, 0.2) is 11.5 Å². The molecule has 0 amide bonds. The highest BCUT2D eigenvalue weighted by atomic mass is 79.9. The molecule has 0 bridgehead atoms. The summed E-state index contributed by atoms with van der Waals surface area (Å²) in [6, 6.07) is 18.0. The summed E-state index contributed by atoms with van der Waals surface area (Å²) in [6.07, 6.45) is 0. The van der Waals surface area contributed by atoms with Gasteiger partial charge in [-0.05, 0) is 47.5 Å². The third kappa shape index (κ3) is 5.06. The number of nitrogens with one attached hydrogen (secondary N) is 2. The van der Waals surface area contributed by atoms with E-state index < -0.39 is 4.92 Å². The lowest BCUT2D eigenvalue weighted by atomic mass is 10.2. The molecule has 0 atom stereocenters. The molecule has 2 N–H and O–H groups in total. The van der Waals surface area contributed by atoms with Crippen LogP contribution < -0.4 is 14.8 Å². The second-order valence-corrected chi connectivity index (χ2v) is 7.97. The summed E-state index contributed by atoms with van der Waals surface area (Å²) in [5.74, 6) is 2.06. The van der Waals surface area contributed by atoms with Crippen LogP contribution in [0.15, 0.2) is 65.1 Å². The minimum Gasteiger partial charge on any atom is -0.493 e. The SMILES string of the molecule is COc1cc(CNCc2nc3ccccc3[nH]2)c(Br)cc1OCc1ccc([N+](=O)[O-])cc1. The first-order valence-corrected chi connectivity index (χ1v) is 10.7. The summed E-state index contributed by atoms with van der Waals surface area (Å²) in [5, 5.41) is 14.2. The van der Waals surface area contributed by atoms with Crippen LogP contribution in [0.3, 0.4) is 0 Å². The van der Waals surface area contributed by atoms with Crippen LogP contribution in [0.25, 0.3) is 11.0 Å². The molecular weight excluding hydrogens is 476 g/mol. The topological polar surface area (TPSA) is 102 Å². The van der Waals surface area contributed by atoms with Crippen molar-refractivity contribution in [3.63, 3.8) is 0 Å². The lowest BCUT2D eigenvalue weighted by Crippen LogP contribution is -2.14. The summed E-state index contributed by atoms with van der Waals surface area (Å²) in [5.41, 5.74) is 3.85. The predicted octanol–water partition coefficient (Wildman–Crippen LogP) is 5.11. The lowest BCUT2D eigenvalue weighted by Gasteiger charge is -2.14. The minimum absolute atomic E-state index is 0.0496. The molecule has 1 aromatic heterocycles. The molecule has 0 saturated carbocycles. The quantitative estimate of drug-likeness (QED) is 0.246. The molecule has 32 heavy (non-hydrogen) atoms. The molecule has 3 aromatic carbocycles. The van der Waals surface area contributed by atoms with E-state index in [9.17, 15) is 10.1 Å². The van der Waals surface area contributed by atoms with Gasteiger partial charge in [-0.1, -0.05) is 28.1 Å². The first kappa shape index (κ1) is 21.8. The third-order valence-corrected chi connectivity index (χ3v) is 5.66. The summed E-state index contributed by atoms with van der Waals surface area (Å²) >= 11 is 3.60. The number of imidazole rings is 1. The van der Waals surface area contributed by atoms with Gasteiger partial charge in [0.2, 0.25) is 0 Å². The molecule has 9 heteroatoms. The number of hydrogen-bond acceptors (Lipinski definition) is 6. The highest BCUT2D eigenvalue weighted by molar-refractivity contribution is 9.10. The second-order valence-electron chi connectivity index (χ2n) is 7.11. The van der Waals surface area contributed by atoms with Crippen LogP contribution in [-0.2, 0) is 19.7 Å². The number of halogens is 1. The lowest BCUT2D eigenvalue weighted by molar-refractivity contribution is -0.384. The molecule has 164 valence electrons. The molecule has 8 nitrogen and oxygen atoms in total. The van der Waals surface area contributed by atoms with Gasteiger partial charge in [0.05, 0.1) is 29.6 Å². The molecule has 0 saturated heterocycles. The van der Waals surface area contributed by atoms with Crippen LogP contribution in [-0.4, -0.2) is 22.0 Å². The second kappa shape index (κ2) is 9.80. The number of methoxy groups -OCH3 is 1. The van der Waals surface area contributed by atoms with Gasteiger partial charge in [-0.25, -0.2) is 4.98 Å². The maximum atomic E-state index is 10.8. The maximum Gasteiger partial charge on any atom is 0.269 e. The highest BCUT2D eigenvalue weighted by Gasteiger charge is 2.12. The Hall–Kier alpha value is -3.43. The molecule has 0 unspecified atom stereocenters. The van der Waals surface area contributed by atoms with Crippen LogP contribution in [0, 0.1) is 10.1 Å². The molecule has 4 aromatic rings. The molecule has 0 aliphatic carbocycles. The van der Waals surface area contributed by atoms with Gasteiger partial charge in [0.1, 0.15) is 12.4 Å². The van der Waals surface area contributed by atoms with Gasteiger partial charge >= 0.3 is 0 Å². The van der Waals surface area contributed by atoms with Crippen molar-refractivity contribution in [3.8, 4) is 11.5 Å². The van der Waals surface area contributed by atoms with E-state index in [0.29, 0.717) is 24.6 Å². The van der Waals surface area contributed by atoms with Crippen LogP contribution in [0.4, 0.5) is 5.69 Å². The highest BCUT2D eigenvalue weighted by Crippen LogP contribution is 2.34. The Morgan fingerprint density at radius 2 is 1.88 bits per heavy atom. The van der Waals surface area contributed by atoms with Crippen molar-refractivity contribution in [1.82, 2.24) is 15.3 Å². The van der Waals surface area contributed by atoms with Crippen LogP contribution in [0.5, 0.6) is 11.5 Å². The van der Waals surface area contributed by atoms with Crippen molar-refractivity contribution in [3.05, 3.63) is 92.2 Å². The monoisotopic (exact) mass is 496 g/mol. The summed E-state index contributed by atoms with van der Waals surface area (Å²) < 4.78 is 12.3. The van der Waals surface area contributed by atoms with Crippen molar-refractivity contribution in [2.75, 3.05) is 7.11 Å². The van der Waals surface area contributed by atoms with Crippen LogP contribution in [0.1, 0.15) is 17.0 Å². The smallest absolute Gasteiger partial charge is 0.269 e. The fraction of sp³-hybridized carbons (Fsp3) is 0.174. The zero-order valence-corrected chi connectivity index (χ0v) is 18.9. The van der Waals surface area contributed by atoms with Crippen molar-refractivity contribution >= 4 is 32.7 Å². The largest absolute Gasteiger partial charge is 0.493 e. The zero-order chi connectivity index (χ0) is 22.5. The van der Waals surface area contributed by atoms with E-state index in [4.69, 9.17) is 9.47 Å². The van der Waals surface area contributed by atoms with E-state index in [2.05, 4.69) is 31.2 Å². The number of hydrogen-bond donors (Lipinski definition) is 2. The Bertz CT molecular complexity index is 1210. The third-order valence-electron chi connectivity index (χ3n) is 4.92. The number of H-pyrrole nitrogens is 1. The number of nitrogens with zero attached hydrogens (tertiary/aromatic N) is 2. The molecule has 1 heterocycles. The summed E-state index contributed by atoms with van der Waals surface area (Å²) in [6.45, 7) is 1.48. The number of non-ortho nitro benzene ring substituents is 1. The number of nitro benzene ring substituents is 1. The van der Waals surface area contributed by atoms with E-state index in [1.165, 1.54) is 12.1 Å². The van der Waals surface area contributed by atoms with E-state index in [-0.39, 0.29) is 12.3 Å². The first-order valence-electron chi connectivity index (χ1n) is 9.90. The summed E-state index contributed by atoms with van der Waals surface area (Å²) in [4.78, 5) is 18.2. The fourth-order valence-electron chi connectivity index (χ4n) is 3.26. The Balaban J connectivity index is 1.39. The zero-order valence-electron chi connectivity index (χ0n) is 17.3. The van der Waals surface area contributed by atoms with Crippen molar-refractivity contribution < 1.29 is 14.4 Å². The van der Waals surface area contributed by atoms with Crippen LogP contribution in [0.2, 0.25) is 0 Å². The molecule has 0 spiro atoms. The van der Waals surface area contributed by atoms with E-state index in [1.807, 2.05) is 36.4 Å². The Labute approximate surface area is 192 Å². The average molecular weight is 497 g/mol. The molecule has 4 rings (SSSR count). The fourth-order valence-corrected chi connectivity index (χ4v) is 3.73. The number of rotatable bonds is 9. The van der Waals surface area contributed by atoms with E-state index in [0.717, 1.165) is 32.5 Å². The van der Waals surface area contributed by atoms with Crippen molar-refractivity contribution in [1.29, 1.82) is 0 Å². The normalized spacial score (nSPS) is 10.9. The molecule has 0 radical (unpaired) electrons. The molecular formula is C23H21BrN4O4. The minimum atomic E-state index is -0.425. The van der Waals surface area contributed by atoms with Gasteiger partial charge in [-0.15, -0.1) is 0 Å². The number of fused-ring (bicyclic) bond motifs is 1. The van der Waals surface area contributed by atoms with Gasteiger partial charge in [0, 0.05) is 23.2 Å². The van der Waals surface area contributed by atoms with Gasteiger partial charge < -0.3 is 19.8 Å². The molecule has 0 fully saturated rings. The van der Waals surface area contributed by atoms with Crippen LogP contribution >= 0.6 is 15.9 Å². The number of ether oxygens (including phenoxy) is 2. The number of aromatic amines is 1. The van der Waals surface area contributed by atoms with Gasteiger partial charge in [-0.3, -0.25) is 10.1 Å². The number of benzene rings is 3. The van der Waals surface area contributed by atoms with E-state index >= 15 is 0 Å². The van der Waals surface area contributed by atoms with Gasteiger partial charge in [0.25, 0.3) is 5.69 Å². The summed E-state index contributed by atoms with van der Waals surface area (Å²) in [7, 11) is 1.59. The predicted molar refractivity (Wildman–Crippen MR) is 125 cm³/mol. The molecule has 0 aliphatic heterocycles. The van der Waals surface area contributed by atoms with Gasteiger partial charge in [-0.2, -0.15) is 0 Å². The maximum absolute atomic E-state index is 10.8. The van der Waals surface area contributed by atoms with Crippen molar-refractivity contribution in [2.45, 2.75) is 19.7 Å². The Morgan fingerprint density at radius 3 is 2.59 bits per heavy atom. The Kier molecular flexibility index (Phi) is 6.67. The average Bonchev–Trinajstić information content (AvgIpc) is 3.22. The van der Waals surface area contributed by atoms with Crippen molar-refractivity contribution in [2.24, 2.45) is 0 Å². The molecule has 0 aliphatic rings. The number of nitro groups is 1. The van der Waals surface area contributed by atoms with E-state index in [1.54, 1.807) is 19.2 Å². The number of aromatic nitrogens is 2. The Morgan fingerprint density at radius 1 is 1.09 bits per heavy atom.